The number of anilines is 1. The molecule has 0 aliphatic heterocycles. The molecule has 38 valence electrons. The van der Waals surface area contributed by atoms with Crippen LogP contribution in [0.15, 0.2) is 12.5 Å². The number of hydrogen-bond donors (Lipinski definition) is 2. The van der Waals surface area contributed by atoms with Crippen LogP contribution in [0.4, 0.5) is 5.82 Å². The Balaban J connectivity index is 2.76. The number of H-pyrrole nitrogens is 1. The summed E-state index contributed by atoms with van der Waals surface area (Å²) < 4.78 is 0. The number of rotatable bonds is 1. The molecule has 0 bridgehead atoms. The van der Waals surface area contributed by atoms with Gasteiger partial charge in [0, 0.05) is 7.05 Å². The van der Waals surface area contributed by atoms with Crippen LogP contribution in [0.25, 0.3) is 0 Å². The molecule has 1 rings (SSSR count). The zero-order valence-electron chi connectivity index (χ0n) is 4.10. The molecular weight excluding hydrogens is 90.1 g/mol. The Morgan fingerprint density at radius 2 is 2.71 bits per heavy atom. The molecule has 0 aliphatic carbocycles. The van der Waals surface area contributed by atoms with Gasteiger partial charge in [-0.05, 0) is 0 Å². The van der Waals surface area contributed by atoms with E-state index < -0.39 is 0 Å². The van der Waals surface area contributed by atoms with E-state index in [1.165, 1.54) is 0 Å². The molecule has 1 aromatic rings. The number of aromatic nitrogens is 2. The van der Waals surface area contributed by atoms with Gasteiger partial charge in [0.1, 0.15) is 5.82 Å². The van der Waals surface area contributed by atoms with E-state index >= 15 is 0 Å². The molecule has 2 N–H and O–H groups in total. The van der Waals surface area contributed by atoms with Crippen LogP contribution in [-0.4, -0.2) is 17.0 Å². The fraction of sp³-hybridized carbons (Fsp3) is 0.250. The standard InChI is InChI=1S/C4H7N3/c1-5-4-2-6-3-7-4/h2-3,5H,1H3,(H,6,7). The van der Waals surface area contributed by atoms with Crippen molar-refractivity contribution in [3.05, 3.63) is 12.5 Å². The lowest BCUT2D eigenvalue weighted by atomic mass is 10.8. The first-order chi connectivity index (χ1) is 3.43. The summed E-state index contributed by atoms with van der Waals surface area (Å²) >= 11 is 0. The Kier molecular flexibility index (Phi) is 0.978. The summed E-state index contributed by atoms with van der Waals surface area (Å²) in [4.78, 5) is 6.64. The van der Waals surface area contributed by atoms with Crippen LogP contribution in [0.3, 0.4) is 0 Å². The average Bonchev–Trinajstić information content (AvgIpc) is 2.14. The highest BCUT2D eigenvalue weighted by Crippen LogP contribution is 1.92. The summed E-state index contributed by atoms with van der Waals surface area (Å²) in [5.41, 5.74) is 0. The number of nitrogens with one attached hydrogen (secondary N) is 2. The molecule has 0 saturated carbocycles. The van der Waals surface area contributed by atoms with Gasteiger partial charge < -0.3 is 10.3 Å². The number of hydrogen-bond acceptors (Lipinski definition) is 2. The lowest BCUT2D eigenvalue weighted by molar-refractivity contribution is 1.30. The Morgan fingerprint density at radius 3 is 3.00 bits per heavy atom. The van der Waals surface area contributed by atoms with Crippen LogP contribution >= 0.6 is 0 Å². The molecule has 1 aromatic heterocycles. The van der Waals surface area contributed by atoms with E-state index in [-0.39, 0.29) is 0 Å². The highest BCUT2D eigenvalue weighted by molar-refractivity contribution is 5.28. The van der Waals surface area contributed by atoms with Crippen LogP contribution in [0.5, 0.6) is 0 Å². The van der Waals surface area contributed by atoms with Gasteiger partial charge in [-0.15, -0.1) is 0 Å². The van der Waals surface area contributed by atoms with E-state index in [0.29, 0.717) is 0 Å². The summed E-state index contributed by atoms with van der Waals surface area (Å²) in [7, 11) is 1.84. The zero-order valence-corrected chi connectivity index (χ0v) is 4.10. The minimum atomic E-state index is 0.944. The molecule has 7 heavy (non-hydrogen) atoms. The molecule has 3 nitrogen and oxygen atoms in total. The molecule has 0 atom stereocenters. The molecule has 0 unspecified atom stereocenters. The molecule has 3 heteroatoms. The second-order valence-corrected chi connectivity index (χ2v) is 1.22. The van der Waals surface area contributed by atoms with Gasteiger partial charge in [-0.1, -0.05) is 0 Å². The number of nitrogens with zero attached hydrogens (tertiary/aromatic N) is 1. The van der Waals surface area contributed by atoms with Crippen LogP contribution in [-0.2, 0) is 0 Å². The minimum Gasteiger partial charge on any atom is -0.373 e. The highest BCUT2D eigenvalue weighted by Gasteiger charge is 1.80. The van der Waals surface area contributed by atoms with Gasteiger partial charge in [0.05, 0.1) is 12.5 Å². The minimum absolute atomic E-state index is 0.944. The monoisotopic (exact) mass is 97.1 g/mol. The van der Waals surface area contributed by atoms with E-state index in [1.54, 1.807) is 12.5 Å². The molecule has 0 saturated heterocycles. The predicted molar refractivity (Wildman–Crippen MR) is 28.1 cm³/mol. The van der Waals surface area contributed by atoms with Crippen molar-refractivity contribution in [3.63, 3.8) is 0 Å². The zero-order chi connectivity index (χ0) is 5.11. The maximum Gasteiger partial charge on any atom is 0.122 e. The van der Waals surface area contributed by atoms with Crippen molar-refractivity contribution < 1.29 is 0 Å². The normalized spacial score (nSPS) is 8.71. The Bertz CT molecular complexity index is 121. The summed E-state index contributed by atoms with van der Waals surface area (Å²) in [5, 5.41) is 2.89. The van der Waals surface area contributed by atoms with E-state index in [9.17, 15) is 0 Å². The van der Waals surface area contributed by atoms with Crippen molar-refractivity contribution >= 4 is 5.82 Å². The maximum absolute atomic E-state index is 3.77. The van der Waals surface area contributed by atoms with Crippen LogP contribution < -0.4 is 5.32 Å². The van der Waals surface area contributed by atoms with Gasteiger partial charge in [-0.2, -0.15) is 0 Å². The maximum atomic E-state index is 3.77. The second-order valence-electron chi connectivity index (χ2n) is 1.22. The first kappa shape index (κ1) is 4.18. The van der Waals surface area contributed by atoms with Gasteiger partial charge in [0.15, 0.2) is 0 Å². The Morgan fingerprint density at radius 1 is 1.86 bits per heavy atom. The van der Waals surface area contributed by atoms with Gasteiger partial charge in [0.25, 0.3) is 0 Å². The first-order valence-electron chi connectivity index (χ1n) is 2.09. The van der Waals surface area contributed by atoms with Crippen molar-refractivity contribution in [1.82, 2.24) is 9.97 Å². The van der Waals surface area contributed by atoms with Gasteiger partial charge in [0.2, 0.25) is 0 Å². The molecular formula is C4H7N3. The summed E-state index contributed by atoms with van der Waals surface area (Å²) in [6.45, 7) is 0. The molecule has 0 fully saturated rings. The second kappa shape index (κ2) is 1.64. The summed E-state index contributed by atoms with van der Waals surface area (Å²) in [6.07, 6.45) is 3.35. The van der Waals surface area contributed by atoms with Gasteiger partial charge in [-0.3, -0.25) is 0 Å². The molecule has 1 heterocycles. The quantitative estimate of drug-likeness (QED) is 0.534. The molecule has 0 spiro atoms. The van der Waals surface area contributed by atoms with Gasteiger partial charge in [-0.25, -0.2) is 4.98 Å². The van der Waals surface area contributed by atoms with Gasteiger partial charge >= 0.3 is 0 Å². The van der Waals surface area contributed by atoms with Crippen LogP contribution in [0, 0.1) is 0 Å². The molecule has 0 amide bonds. The third kappa shape index (κ3) is 0.707. The number of imidazole rings is 1. The topological polar surface area (TPSA) is 40.7 Å². The Labute approximate surface area is 41.8 Å². The Hall–Kier alpha value is -0.990. The molecule has 0 aliphatic rings. The summed E-state index contributed by atoms with van der Waals surface area (Å²) in [5.74, 6) is 0.944. The van der Waals surface area contributed by atoms with Crippen molar-refractivity contribution in [3.8, 4) is 0 Å². The first-order valence-corrected chi connectivity index (χ1v) is 2.09. The lowest BCUT2D eigenvalue weighted by Crippen LogP contribution is -1.84. The average molecular weight is 97.1 g/mol. The fourth-order valence-electron chi connectivity index (χ4n) is 0.393. The van der Waals surface area contributed by atoms with E-state index in [4.69, 9.17) is 0 Å². The van der Waals surface area contributed by atoms with Crippen LogP contribution in [0.1, 0.15) is 0 Å². The molecule has 0 aromatic carbocycles. The van der Waals surface area contributed by atoms with Crippen molar-refractivity contribution in [2.24, 2.45) is 0 Å². The van der Waals surface area contributed by atoms with E-state index in [0.717, 1.165) is 5.82 Å². The number of aromatic amines is 1. The SMILES string of the molecule is CNc1cnc[nH]1. The molecule has 0 radical (unpaired) electrons. The van der Waals surface area contributed by atoms with E-state index in [1.807, 2.05) is 7.05 Å². The third-order valence-electron chi connectivity index (χ3n) is 0.768. The predicted octanol–water partition coefficient (Wildman–Crippen LogP) is 0.451. The highest BCUT2D eigenvalue weighted by atomic mass is 15.0. The van der Waals surface area contributed by atoms with Crippen LogP contribution in [0.2, 0.25) is 0 Å². The largest absolute Gasteiger partial charge is 0.373 e. The smallest absolute Gasteiger partial charge is 0.122 e. The fourth-order valence-corrected chi connectivity index (χ4v) is 0.393. The summed E-state index contributed by atoms with van der Waals surface area (Å²) in [6, 6.07) is 0. The van der Waals surface area contributed by atoms with E-state index in [2.05, 4.69) is 15.3 Å². The van der Waals surface area contributed by atoms with Crippen molar-refractivity contribution in [1.29, 1.82) is 0 Å². The van der Waals surface area contributed by atoms with Crippen molar-refractivity contribution in [2.75, 3.05) is 12.4 Å². The third-order valence-corrected chi connectivity index (χ3v) is 0.768. The lowest BCUT2D eigenvalue weighted by Gasteiger charge is -1.86. The van der Waals surface area contributed by atoms with Crippen molar-refractivity contribution in [2.45, 2.75) is 0 Å².